The van der Waals surface area contributed by atoms with Crippen LogP contribution in [0.4, 0.5) is 21.8 Å². The number of rotatable bonds is 6. The van der Waals surface area contributed by atoms with E-state index in [9.17, 15) is 4.39 Å². The van der Waals surface area contributed by atoms with E-state index >= 15 is 0 Å². The minimum Gasteiger partial charge on any atom is -0.368 e. The summed E-state index contributed by atoms with van der Waals surface area (Å²) in [7, 11) is 4.05. The number of nitrogens with zero attached hydrogens (tertiary/aromatic N) is 6. The predicted octanol–water partition coefficient (Wildman–Crippen LogP) is 1.31. The Balaban J connectivity index is 1.56. The van der Waals surface area contributed by atoms with Gasteiger partial charge in [0.15, 0.2) is 5.82 Å². The van der Waals surface area contributed by atoms with Crippen molar-refractivity contribution in [2.75, 3.05) is 68.5 Å². The van der Waals surface area contributed by atoms with E-state index < -0.39 is 0 Å². The minimum absolute atomic E-state index is 0.205. The van der Waals surface area contributed by atoms with Crippen molar-refractivity contribution in [3.05, 3.63) is 36.3 Å². The third-order valence-corrected chi connectivity index (χ3v) is 4.18. The smallest absolute Gasteiger partial charge is 0.244 e. The van der Waals surface area contributed by atoms with Crippen molar-refractivity contribution in [1.82, 2.24) is 20.1 Å². The van der Waals surface area contributed by atoms with Gasteiger partial charge in [-0.05, 0) is 38.4 Å². The summed E-state index contributed by atoms with van der Waals surface area (Å²) in [6.45, 7) is 5.08. The fourth-order valence-corrected chi connectivity index (χ4v) is 2.76. The van der Waals surface area contributed by atoms with E-state index in [4.69, 9.17) is 0 Å². The third kappa shape index (κ3) is 4.76. The molecule has 25 heavy (non-hydrogen) atoms. The molecule has 1 fully saturated rings. The molecular weight excluding hydrogens is 321 g/mol. The van der Waals surface area contributed by atoms with Gasteiger partial charge in [-0.1, -0.05) is 0 Å². The highest BCUT2D eigenvalue weighted by molar-refractivity contribution is 5.49. The van der Waals surface area contributed by atoms with E-state index in [0.717, 1.165) is 50.8 Å². The minimum atomic E-state index is -0.205. The molecule has 0 radical (unpaired) electrons. The summed E-state index contributed by atoms with van der Waals surface area (Å²) in [5.74, 6) is 1.19. The van der Waals surface area contributed by atoms with E-state index in [1.54, 1.807) is 6.20 Å². The van der Waals surface area contributed by atoms with Crippen molar-refractivity contribution < 1.29 is 4.39 Å². The molecular formula is C17H24FN7. The van der Waals surface area contributed by atoms with E-state index in [0.29, 0.717) is 5.95 Å². The molecule has 8 heteroatoms. The molecule has 2 aromatic rings. The molecule has 0 amide bonds. The first-order valence-electron chi connectivity index (χ1n) is 8.45. The number of halogens is 1. The van der Waals surface area contributed by atoms with Crippen LogP contribution in [0.2, 0.25) is 0 Å². The van der Waals surface area contributed by atoms with Crippen LogP contribution >= 0.6 is 0 Å². The first kappa shape index (κ1) is 17.3. The van der Waals surface area contributed by atoms with Crippen LogP contribution in [0, 0.1) is 5.82 Å². The van der Waals surface area contributed by atoms with Gasteiger partial charge in [-0.3, -0.25) is 0 Å². The van der Waals surface area contributed by atoms with Crippen LogP contribution in [-0.2, 0) is 0 Å². The summed E-state index contributed by atoms with van der Waals surface area (Å²) in [5.41, 5.74) is 1.05. The molecule has 1 saturated heterocycles. The van der Waals surface area contributed by atoms with Gasteiger partial charge in [-0.2, -0.15) is 10.1 Å². The quantitative estimate of drug-likeness (QED) is 0.847. The molecule has 7 nitrogen and oxygen atoms in total. The second-order valence-electron chi connectivity index (χ2n) is 6.32. The molecule has 0 aliphatic carbocycles. The molecule has 1 aromatic carbocycles. The molecule has 0 saturated carbocycles. The van der Waals surface area contributed by atoms with E-state index in [2.05, 4.69) is 35.2 Å². The van der Waals surface area contributed by atoms with Gasteiger partial charge in [0.25, 0.3) is 0 Å². The summed E-state index contributed by atoms with van der Waals surface area (Å²) >= 11 is 0. The van der Waals surface area contributed by atoms with Crippen LogP contribution in [0.15, 0.2) is 30.5 Å². The highest BCUT2D eigenvalue weighted by Gasteiger charge is 2.19. The van der Waals surface area contributed by atoms with Gasteiger partial charge >= 0.3 is 0 Å². The molecule has 3 rings (SSSR count). The monoisotopic (exact) mass is 345 g/mol. The van der Waals surface area contributed by atoms with Crippen LogP contribution in [-0.4, -0.2) is 73.4 Å². The molecule has 0 spiro atoms. The average molecular weight is 345 g/mol. The number of likely N-dealkylation sites (N-methyl/N-ethyl adjacent to an activating group) is 1. The number of anilines is 3. The highest BCUT2D eigenvalue weighted by atomic mass is 19.1. The average Bonchev–Trinajstić information content (AvgIpc) is 2.62. The number of benzene rings is 1. The Morgan fingerprint density at radius 3 is 2.44 bits per heavy atom. The topological polar surface area (TPSA) is 60.4 Å². The number of nitrogens with one attached hydrogen (secondary N) is 1. The Kier molecular flexibility index (Phi) is 5.60. The van der Waals surface area contributed by atoms with Crippen molar-refractivity contribution in [1.29, 1.82) is 0 Å². The zero-order valence-corrected chi connectivity index (χ0v) is 14.7. The molecule has 1 aliphatic rings. The van der Waals surface area contributed by atoms with Crippen molar-refractivity contribution in [3.63, 3.8) is 0 Å². The van der Waals surface area contributed by atoms with Crippen molar-refractivity contribution in [3.8, 4) is 0 Å². The summed E-state index contributed by atoms with van der Waals surface area (Å²) in [4.78, 5) is 11.1. The van der Waals surface area contributed by atoms with E-state index in [1.807, 2.05) is 26.2 Å². The van der Waals surface area contributed by atoms with Crippen LogP contribution in [0.1, 0.15) is 0 Å². The normalized spacial score (nSPS) is 14.9. The number of piperazine rings is 1. The standard InChI is InChI=1S/C17H24FN7/c1-23(2)8-7-19-17-21-16(13-20-22-17)25-11-9-24(10-12-25)15-5-3-14(18)4-6-15/h3-6,13H,7-12H2,1-2H3,(H,19,21,22). The van der Waals surface area contributed by atoms with Crippen LogP contribution < -0.4 is 15.1 Å². The highest BCUT2D eigenvalue weighted by Crippen LogP contribution is 2.19. The summed E-state index contributed by atoms with van der Waals surface area (Å²) in [6.07, 6.45) is 1.70. The summed E-state index contributed by atoms with van der Waals surface area (Å²) in [6, 6.07) is 6.65. The van der Waals surface area contributed by atoms with E-state index in [1.165, 1.54) is 12.1 Å². The second kappa shape index (κ2) is 8.06. The zero-order chi connectivity index (χ0) is 17.6. The summed E-state index contributed by atoms with van der Waals surface area (Å²) < 4.78 is 13.1. The van der Waals surface area contributed by atoms with Gasteiger partial charge in [0.2, 0.25) is 5.95 Å². The van der Waals surface area contributed by atoms with Gasteiger partial charge in [-0.25, -0.2) is 4.39 Å². The molecule has 1 aromatic heterocycles. The Morgan fingerprint density at radius 1 is 1.08 bits per heavy atom. The lowest BCUT2D eigenvalue weighted by Crippen LogP contribution is -2.47. The van der Waals surface area contributed by atoms with Gasteiger partial charge in [0.1, 0.15) is 5.82 Å². The van der Waals surface area contributed by atoms with Crippen molar-refractivity contribution in [2.45, 2.75) is 0 Å². The van der Waals surface area contributed by atoms with Crippen LogP contribution in [0.3, 0.4) is 0 Å². The van der Waals surface area contributed by atoms with Crippen molar-refractivity contribution in [2.24, 2.45) is 0 Å². The first-order valence-corrected chi connectivity index (χ1v) is 8.45. The molecule has 1 N–H and O–H groups in total. The number of hydrogen-bond acceptors (Lipinski definition) is 7. The Labute approximate surface area is 147 Å². The number of aromatic nitrogens is 3. The largest absolute Gasteiger partial charge is 0.368 e. The molecule has 2 heterocycles. The first-order chi connectivity index (χ1) is 12.1. The van der Waals surface area contributed by atoms with E-state index in [-0.39, 0.29) is 5.82 Å². The maximum Gasteiger partial charge on any atom is 0.244 e. The molecule has 134 valence electrons. The molecule has 0 bridgehead atoms. The number of hydrogen-bond donors (Lipinski definition) is 1. The summed E-state index contributed by atoms with van der Waals surface area (Å²) in [5, 5.41) is 11.3. The Morgan fingerprint density at radius 2 is 1.76 bits per heavy atom. The molecule has 0 atom stereocenters. The van der Waals surface area contributed by atoms with Crippen molar-refractivity contribution >= 4 is 17.5 Å². The Hall–Kier alpha value is -2.48. The van der Waals surface area contributed by atoms with Gasteiger partial charge in [0.05, 0.1) is 6.20 Å². The third-order valence-electron chi connectivity index (χ3n) is 4.18. The molecule has 0 unspecified atom stereocenters. The van der Waals surface area contributed by atoms with Crippen LogP contribution in [0.5, 0.6) is 0 Å². The maximum absolute atomic E-state index is 13.1. The van der Waals surface area contributed by atoms with Gasteiger partial charge in [0, 0.05) is 45.0 Å². The van der Waals surface area contributed by atoms with Gasteiger partial charge in [-0.15, -0.1) is 5.10 Å². The van der Waals surface area contributed by atoms with Crippen LogP contribution in [0.25, 0.3) is 0 Å². The molecule has 1 aliphatic heterocycles. The van der Waals surface area contributed by atoms with Gasteiger partial charge < -0.3 is 20.0 Å². The lowest BCUT2D eigenvalue weighted by Gasteiger charge is -2.36. The lowest BCUT2D eigenvalue weighted by molar-refractivity contribution is 0.425. The fraction of sp³-hybridized carbons (Fsp3) is 0.471. The maximum atomic E-state index is 13.1. The SMILES string of the molecule is CN(C)CCNc1nncc(N2CCN(c3ccc(F)cc3)CC2)n1. The zero-order valence-electron chi connectivity index (χ0n) is 14.7. The second-order valence-corrected chi connectivity index (χ2v) is 6.32. The predicted molar refractivity (Wildman–Crippen MR) is 97.7 cm³/mol. The fourth-order valence-electron chi connectivity index (χ4n) is 2.76. The Bertz CT molecular complexity index is 669. The lowest BCUT2D eigenvalue weighted by atomic mass is 10.2.